The first-order valence-corrected chi connectivity index (χ1v) is 14.4. The number of hydrogen-bond donors (Lipinski definition) is 8. The number of nitrogens with one attached hydrogen (secondary N) is 4. The number of phenolic OH excluding ortho intramolecular Hbond substituents is 1. The highest BCUT2D eigenvalue weighted by molar-refractivity contribution is 5.95. The monoisotopic (exact) mass is 608 g/mol. The van der Waals surface area contributed by atoms with Crippen molar-refractivity contribution in [3.63, 3.8) is 0 Å². The first kappa shape index (κ1) is 33.6. The van der Waals surface area contributed by atoms with Gasteiger partial charge in [0.1, 0.15) is 23.9 Å². The second-order valence-corrected chi connectivity index (χ2v) is 10.9. The molecule has 0 aliphatic rings. The number of aromatic hydroxyl groups is 1. The number of aliphatic carboxylic acids is 1. The van der Waals surface area contributed by atoms with E-state index >= 15 is 0 Å². The molecule has 0 fully saturated rings. The molecule has 3 aromatic rings. The first-order valence-electron chi connectivity index (χ1n) is 14.4. The summed E-state index contributed by atoms with van der Waals surface area (Å²) in [5, 5.41) is 27.9. The number of nitrogens with two attached hydrogens (primary N) is 2. The van der Waals surface area contributed by atoms with Gasteiger partial charge in [-0.25, -0.2) is 4.79 Å². The van der Waals surface area contributed by atoms with Crippen molar-refractivity contribution in [2.24, 2.45) is 17.4 Å². The molecule has 44 heavy (non-hydrogen) atoms. The molecule has 13 nitrogen and oxygen atoms in total. The lowest BCUT2D eigenvalue weighted by Crippen LogP contribution is -2.59. The number of H-pyrrole nitrogens is 1. The molecule has 3 rings (SSSR count). The number of aromatic amines is 1. The molecule has 10 N–H and O–H groups in total. The highest BCUT2D eigenvalue weighted by Gasteiger charge is 2.33. The minimum atomic E-state index is -1.32. The maximum absolute atomic E-state index is 13.4. The van der Waals surface area contributed by atoms with E-state index in [0.29, 0.717) is 12.0 Å². The fraction of sp³-hybridized carbons (Fsp3) is 0.387. The Kier molecular flexibility index (Phi) is 11.9. The smallest absolute Gasteiger partial charge is 0.326 e. The number of hydrogen-bond acceptors (Lipinski definition) is 7. The van der Waals surface area contributed by atoms with E-state index in [4.69, 9.17) is 11.5 Å². The largest absolute Gasteiger partial charge is 0.508 e. The van der Waals surface area contributed by atoms with Gasteiger partial charge in [-0.05, 0) is 48.1 Å². The molecule has 2 aromatic carbocycles. The van der Waals surface area contributed by atoms with Gasteiger partial charge in [0, 0.05) is 29.9 Å². The lowest BCUT2D eigenvalue weighted by Gasteiger charge is -2.28. The number of para-hydroxylation sites is 1. The van der Waals surface area contributed by atoms with Crippen LogP contribution >= 0.6 is 0 Å². The number of carboxylic acids is 1. The molecule has 0 spiro atoms. The van der Waals surface area contributed by atoms with E-state index in [1.54, 1.807) is 32.2 Å². The third-order valence-corrected chi connectivity index (χ3v) is 7.55. The molecule has 1 heterocycles. The first-order chi connectivity index (χ1) is 20.9. The van der Waals surface area contributed by atoms with Gasteiger partial charge >= 0.3 is 5.97 Å². The van der Waals surface area contributed by atoms with Crippen molar-refractivity contribution in [1.29, 1.82) is 0 Å². The van der Waals surface area contributed by atoms with Crippen molar-refractivity contribution >= 4 is 40.5 Å². The summed E-state index contributed by atoms with van der Waals surface area (Å²) in [6.45, 7) is 3.52. The summed E-state index contributed by atoms with van der Waals surface area (Å²) < 4.78 is 0. The molecule has 236 valence electrons. The van der Waals surface area contributed by atoms with Crippen LogP contribution in [0.4, 0.5) is 0 Å². The zero-order valence-corrected chi connectivity index (χ0v) is 24.7. The molecule has 5 unspecified atom stereocenters. The van der Waals surface area contributed by atoms with Crippen LogP contribution in [0.3, 0.4) is 0 Å². The Balaban J connectivity index is 1.72. The molecule has 5 atom stereocenters. The summed E-state index contributed by atoms with van der Waals surface area (Å²) in [5.74, 6) is -4.48. The van der Waals surface area contributed by atoms with Crippen molar-refractivity contribution in [1.82, 2.24) is 20.9 Å². The van der Waals surface area contributed by atoms with Gasteiger partial charge in [0.15, 0.2) is 0 Å². The van der Waals surface area contributed by atoms with Gasteiger partial charge in [0.05, 0.1) is 6.04 Å². The molecular formula is C31H40N6O7. The average molecular weight is 609 g/mol. The minimum absolute atomic E-state index is 0.0149. The summed E-state index contributed by atoms with van der Waals surface area (Å²) in [6.07, 6.45) is 1.98. The number of carbonyl (C=O) groups is 5. The highest BCUT2D eigenvalue weighted by Crippen LogP contribution is 2.19. The van der Waals surface area contributed by atoms with Crippen molar-refractivity contribution in [2.45, 2.75) is 70.1 Å². The zero-order valence-electron chi connectivity index (χ0n) is 24.7. The van der Waals surface area contributed by atoms with E-state index in [9.17, 15) is 34.2 Å². The van der Waals surface area contributed by atoms with Crippen molar-refractivity contribution in [3.05, 3.63) is 65.9 Å². The standard InChI is InChI=1S/C31H40N6O7/c1-3-17(2)27(30(42)36-25(31(43)44)14-18-8-10-20(38)11-9-18)37-29(41)24(12-13-26(33)39)35-28(40)22(32)15-19-16-34-23-7-5-4-6-21(19)23/h4-11,16-17,22,24-25,27,34,38H,3,12-15,32H2,1-2H3,(H2,33,39)(H,35,40)(H,36,42)(H,37,41)(H,43,44). The maximum atomic E-state index is 13.4. The summed E-state index contributed by atoms with van der Waals surface area (Å²) in [7, 11) is 0. The van der Waals surface area contributed by atoms with Gasteiger partial charge < -0.3 is 42.6 Å². The van der Waals surface area contributed by atoms with Crippen LogP contribution in [0.5, 0.6) is 5.75 Å². The number of benzene rings is 2. The molecule has 0 saturated carbocycles. The lowest BCUT2D eigenvalue weighted by molar-refractivity contribution is -0.142. The number of amides is 4. The number of rotatable bonds is 16. The van der Waals surface area contributed by atoms with Crippen molar-refractivity contribution in [3.8, 4) is 5.75 Å². The lowest BCUT2D eigenvalue weighted by atomic mass is 9.96. The van der Waals surface area contributed by atoms with Gasteiger partial charge in [0.2, 0.25) is 23.6 Å². The Bertz CT molecular complexity index is 1470. The predicted molar refractivity (Wildman–Crippen MR) is 163 cm³/mol. The number of primary amides is 1. The minimum Gasteiger partial charge on any atom is -0.508 e. The van der Waals surface area contributed by atoms with Gasteiger partial charge in [0.25, 0.3) is 0 Å². The quantitative estimate of drug-likeness (QED) is 0.116. The van der Waals surface area contributed by atoms with Crippen LogP contribution in [0.2, 0.25) is 0 Å². The fourth-order valence-electron chi connectivity index (χ4n) is 4.75. The van der Waals surface area contributed by atoms with Gasteiger partial charge in [-0.15, -0.1) is 0 Å². The van der Waals surface area contributed by atoms with Gasteiger partial charge in [-0.2, -0.15) is 0 Å². The fourth-order valence-corrected chi connectivity index (χ4v) is 4.75. The normalized spacial score (nSPS) is 14.5. The van der Waals surface area contributed by atoms with Crippen molar-refractivity contribution in [2.75, 3.05) is 0 Å². The Labute approximate surface area is 254 Å². The van der Waals surface area contributed by atoms with E-state index in [1.807, 2.05) is 24.3 Å². The van der Waals surface area contributed by atoms with Crippen LogP contribution in [-0.4, -0.2) is 69.0 Å². The maximum Gasteiger partial charge on any atom is 0.326 e. The van der Waals surface area contributed by atoms with E-state index in [2.05, 4.69) is 20.9 Å². The third-order valence-electron chi connectivity index (χ3n) is 7.55. The Morgan fingerprint density at radius 1 is 0.886 bits per heavy atom. The Morgan fingerprint density at radius 3 is 2.18 bits per heavy atom. The molecule has 4 amide bonds. The molecule has 13 heteroatoms. The number of aromatic nitrogens is 1. The van der Waals surface area contributed by atoms with E-state index in [0.717, 1.165) is 16.5 Å². The molecule has 0 aliphatic heterocycles. The average Bonchev–Trinajstić information content (AvgIpc) is 3.40. The van der Waals surface area contributed by atoms with Crippen LogP contribution in [-0.2, 0) is 36.8 Å². The van der Waals surface area contributed by atoms with Crippen LogP contribution in [0.1, 0.15) is 44.2 Å². The van der Waals surface area contributed by atoms with Crippen molar-refractivity contribution < 1.29 is 34.2 Å². The zero-order chi connectivity index (χ0) is 32.4. The second kappa shape index (κ2) is 15.5. The van der Waals surface area contributed by atoms with Crippen LogP contribution in [0.15, 0.2) is 54.7 Å². The number of fused-ring (bicyclic) bond motifs is 1. The number of phenols is 1. The van der Waals surface area contributed by atoms with E-state index < -0.39 is 59.7 Å². The summed E-state index contributed by atoms with van der Waals surface area (Å²) >= 11 is 0. The number of carbonyl (C=O) groups excluding carboxylic acids is 4. The van der Waals surface area contributed by atoms with E-state index in [-0.39, 0.29) is 31.4 Å². The molecule has 0 radical (unpaired) electrons. The molecule has 1 aromatic heterocycles. The molecule has 0 saturated heterocycles. The Hall–Kier alpha value is -4.91. The highest BCUT2D eigenvalue weighted by atomic mass is 16.4. The topological polar surface area (TPSA) is 230 Å². The Morgan fingerprint density at radius 2 is 1.55 bits per heavy atom. The van der Waals surface area contributed by atoms with Gasteiger partial charge in [-0.1, -0.05) is 50.6 Å². The summed E-state index contributed by atoms with van der Waals surface area (Å²) in [6, 6.07) is 8.70. The van der Waals surface area contributed by atoms with Crippen LogP contribution in [0.25, 0.3) is 10.9 Å². The third kappa shape index (κ3) is 9.30. The van der Waals surface area contributed by atoms with Crippen LogP contribution in [0, 0.1) is 5.92 Å². The second-order valence-electron chi connectivity index (χ2n) is 10.9. The molecular weight excluding hydrogens is 568 g/mol. The van der Waals surface area contributed by atoms with E-state index in [1.165, 1.54) is 12.1 Å². The number of carboxylic acid groups (broad SMARTS) is 1. The predicted octanol–water partition coefficient (Wildman–Crippen LogP) is 0.837. The molecule has 0 bridgehead atoms. The SMILES string of the molecule is CCC(C)C(NC(=O)C(CCC(N)=O)NC(=O)C(N)Cc1c[nH]c2ccccc12)C(=O)NC(Cc1ccc(O)cc1)C(=O)O. The summed E-state index contributed by atoms with van der Waals surface area (Å²) in [4.78, 5) is 66.5. The summed E-state index contributed by atoms with van der Waals surface area (Å²) in [5.41, 5.74) is 13.8. The van der Waals surface area contributed by atoms with Crippen LogP contribution < -0.4 is 27.4 Å². The van der Waals surface area contributed by atoms with Gasteiger partial charge in [-0.3, -0.25) is 19.2 Å². The molecule has 0 aliphatic carbocycles.